The van der Waals surface area contributed by atoms with Crippen molar-refractivity contribution in [3.05, 3.63) is 29.6 Å². The smallest absolute Gasteiger partial charge is 0.165 e. The zero-order valence-electron chi connectivity index (χ0n) is 8.53. The average molecular weight is 211 g/mol. The summed E-state index contributed by atoms with van der Waals surface area (Å²) in [6.07, 6.45) is 0.516. The van der Waals surface area contributed by atoms with Crippen LogP contribution in [0.2, 0.25) is 0 Å². The van der Waals surface area contributed by atoms with Crippen LogP contribution in [0, 0.1) is 5.82 Å². The van der Waals surface area contributed by atoms with Crippen LogP contribution in [0.3, 0.4) is 0 Å². The summed E-state index contributed by atoms with van der Waals surface area (Å²) in [6, 6.07) is 4.68. The molecule has 1 aliphatic rings. The van der Waals surface area contributed by atoms with Crippen LogP contribution in [0.5, 0.6) is 5.75 Å². The number of para-hydroxylation sites is 1. The summed E-state index contributed by atoms with van der Waals surface area (Å²) in [7, 11) is 1.42. The molecule has 0 atom stereocenters. The second-order valence-corrected chi connectivity index (χ2v) is 4.04. The molecule has 0 saturated heterocycles. The van der Waals surface area contributed by atoms with Gasteiger partial charge >= 0.3 is 0 Å². The monoisotopic (exact) mass is 211 g/mol. The van der Waals surface area contributed by atoms with Crippen molar-refractivity contribution in [2.75, 3.05) is 7.11 Å². The normalized spacial score (nSPS) is 29.7. The minimum Gasteiger partial charge on any atom is -0.493 e. The van der Waals surface area contributed by atoms with E-state index in [1.807, 2.05) is 0 Å². The molecular formula is C11H14FNO2. The predicted molar refractivity (Wildman–Crippen MR) is 54.1 cm³/mol. The minimum absolute atomic E-state index is 0.187. The van der Waals surface area contributed by atoms with E-state index in [0.717, 1.165) is 0 Å². The third kappa shape index (κ3) is 1.60. The molecule has 0 bridgehead atoms. The first-order valence-corrected chi connectivity index (χ1v) is 4.87. The first kappa shape index (κ1) is 10.4. The highest BCUT2D eigenvalue weighted by Gasteiger charge is 2.43. The van der Waals surface area contributed by atoms with Crippen molar-refractivity contribution in [2.24, 2.45) is 5.73 Å². The summed E-state index contributed by atoms with van der Waals surface area (Å²) in [5, 5.41) is 9.26. The predicted octanol–water partition coefficient (Wildman–Crippen LogP) is 1.14. The highest BCUT2D eigenvalue weighted by atomic mass is 19.1. The highest BCUT2D eigenvalue weighted by Crippen LogP contribution is 2.43. The summed E-state index contributed by atoms with van der Waals surface area (Å²) in [5.74, 6) is -0.229. The molecule has 0 aliphatic heterocycles. The van der Waals surface area contributed by atoms with Crippen molar-refractivity contribution in [1.82, 2.24) is 0 Å². The fraction of sp³-hybridized carbons (Fsp3) is 0.455. The van der Waals surface area contributed by atoms with Crippen LogP contribution in [0.1, 0.15) is 18.4 Å². The minimum atomic E-state index is -0.646. The number of aliphatic hydroxyl groups excluding tert-OH is 1. The van der Waals surface area contributed by atoms with E-state index < -0.39 is 11.4 Å². The molecule has 0 heterocycles. The van der Waals surface area contributed by atoms with Crippen molar-refractivity contribution < 1.29 is 14.2 Å². The van der Waals surface area contributed by atoms with Crippen LogP contribution in [0.15, 0.2) is 18.2 Å². The summed E-state index contributed by atoms with van der Waals surface area (Å²) < 4.78 is 18.4. The molecule has 0 amide bonds. The Hall–Kier alpha value is -1.13. The Morgan fingerprint density at radius 1 is 1.53 bits per heavy atom. The lowest BCUT2D eigenvalue weighted by atomic mass is 9.70. The van der Waals surface area contributed by atoms with Gasteiger partial charge in [0.2, 0.25) is 0 Å². The lowest BCUT2D eigenvalue weighted by molar-refractivity contribution is 0.0196. The number of ether oxygens (including phenoxy) is 1. The molecular weight excluding hydrogens is 197 g/mol. The van der Waals surface area contributed by atoms with Gasteiger partial charge in [-0.15, -0.1) is 0 Å². The topological polar surface area (TPSA) is 55.5 Å². The van der Waals surface area contributed by atoms with Crippen LogP contribution >= 0.6 is 0 Å². The molecule has 0 aromatic heterocycles. The van der Waals surface area contributed by atoms with Gasteiger partial charge in [0.05, 0.1) is 13.2 Å². The Balaban J connectivity index is 2.40. The molecule has 4 heteroatoms. The lowest BCUT2D eigenvalue weighted by Gasteiger charge is -2.43. The molecule has 3 nitrogen and oxygen atoms in total. The van der Waals surface area contributed by atoms with Gasteiger partial charge in [-0.05, 0) is 18.9 Å². The van der Waals surface area contributed by atoms with Gasteiger partial charge in [-0.25, -0.2) is 4.39 Å². The molecule has 0 spiro atoms. The second kappa shape index (κ2) is 3.47. The molecule has 1 aromatic carbocycles. The molecule has 82 valence electrons. The zero-order valence-corrected chi connectivity index (χ0v) is 8.53. The molecule has 1 aromatic rings. The third-order valence-corrected chi connectivity index (χ3v) is 2.91. The van der Waals surface area contributed by atoms with E-state index in [2.05, 4.69) is 0 Å². The second-order valence-electron chi connectivity index (χ2n) is 4.04. The fourth-order valence-electron chi connectivity index (χ4n) is 2.11. The van der Waals surface area contributed by atoms with Crippen molar-refractivity contribution in [2.45, 2.75) is 24.5 Å². The molecule has 1 fully saturated rings. The largest absolute Gasteiger partial charge is 0.493 e. The number of halogens is 1. The average Bonchev–Trinajstić information content (AvgIpc) is 2.15. The maximum Gasteiger partial charge on any atom is 0.165 e. The summed E-state index contributed by atoms with van der Waals surface area (Å²) >= 11 is 0. The first-order valence-electron chi connectivity index (χ1n) is 4.87. The van der Waals surface area contributed by atoms with E-state index in [0.29, 0.717) is 18.4 Å². The van der Waals surface area contributed by atoms with Gasteiger partial charge in [-0.1, -0.05) is 12.1 Å². The molecule has 15 heavy (non-hydrogen) atoms. The molecule has 3 N–H and O–H groups in total. The maximum absolute atomic E-state index is 13.4. The standard InChI is InChI=1S/C11H14FNO2/c1-15-10-8(3-2-4-9(10)12)11(13)5-7(14)6-11/h2-4,7,14H,5-6,13H2,1H3. The van der Waals surface area contributed by atoms with Gasteiger partial charge < -0.3 is 15.6 Å². The number of methoxy groups -OCH3 is 1. The third-order valence-electron chi connectivity index (χ3n) is 2.91. The van der Waals surface area contributed by atoms with Crippen LogP contribution in [0.25, 0.3) is 0 Å². The quantitative estimate of drug-likeness (QED) is 0.771. The Morgan fingerprint density at radius 2 is 2.20 bits per heavy atom. The van der Waals surface area contributed by atoms with E-state index in [4.69, 9.17) is 10.5 Å². The van der Waals surface area contributed by atoms with Crippen molar-refractivity contribution in [3.8, 4) is 5.75 Å². The van der Waals surface area contributed by atoms with E-state index in [-0.39, 0.29) is 11.9 Å². The number of rotatable bonds is 2. The molecule has 0 radical (unpaired) electrons. The van der Waals surface area contributed by atoms with Gasteiger partial charge in [0.15, 0.2) is 11.6 Å². The van der Waals surface area contributed by atoms with Crippen LogP contribution in [-0.2, 0) is 5.54 Å². The number of benzene rings is 1. The van der Waals surface area contributed by atoms with E-state index >= 15 is 0 Å². The van der Waals surface area contributed by atoms with Crippen molar-refractivity contribution in [3.63, 3.8) is 0 Å². The summed E-state index contributed by atoms with van der Waals surface area (Å²) in [4.78, 5) is 0. The Bertz CT molecular complexity index is 375. The Morgan fingerprint density at radius 3 is 2.73 bits per heavy atom. The Kier molecular flexibility index (Phi) is 2.40. The van der Waals surface area contributed by atoms with Gasteiger partial charge in [0, 0.05) is 11.1 Å². The summed E-state index contributed by atoms with van der Waals surface area (Å²) in [5.41, 5.74) is 6.04. The van der Waals surface area contributed by atoms with Gasteiger partial charge in [-0.3, -0.25) is 0 Å². The summed E-state index contributed by atoms with van der Waals surface area (Å²) in [6.45, 7) is 0. The fourth-order valence-corrected chi connectivity index (χ4v) is 2.11. The van der Waals surface area contributed by atoms with Crippen LogP contribution in [-0.4, -0.2) is 18.3 Å². The van der Waals surface area contributed by atoms with E-state index in [1.54, 1.807) is 12.1 Å². The van der Waals surface area contributed by atoms with Gasteiger partial charge in [0.1, 0.15) is 0 Å². The van der Waals surface area contributed by atoms with Gasteiger partial charge in [0.25, 0.3) is 0 Å². The van der Waals surface area contributed by atoms with Crippen molar-refractivity contribution in [1.29, 1.82) is 0 Å². The van der Waals surface area contributed by atoms with Crippen molar-refractivity contribution >= 4 is 0 Å². The van der Waals surface area contributed by atoms with Crippen LogP contribution in [0.4, 0.5) is 4.39 Å². The maximum atomic E-state index is 13.4. The molecule has 1 aliphatic carbocycles. The van der Waals surface area contributed by atoms with Crippen LogP contribution < -0.4 is 10.5 Å². The molecule has 2 rings (SSSR count). The van der Waals surface area contributed by atoms with E-state index in [1.165, 1.54) is 13.2 Å². The number of nitrogens with two attached hydrogens (primary N) is 1. The molecule has 0 unspecified atom stereocenters. The zero-order chi connectivity index (χ0) is 11.1. The molecule has 1 saturated carbocycles. The highest BCUT2D eigenvalue weighted by molar-refractivity contribution is 5.42. The SMILES string of the molecule is COc1c(F)cccc1C1(N)CC(O)C1. The van der Waals surface area contributed by atoms with Gasteiger partial charge in [-0.2, -0.15) is 0 Å². The number of hydrogen-bond acceptors (Lipinski definition) is 3. The Labute approximate surface area is 87.7 Å². The number of hydrogen-bond donors (Lipinski definition) is 2. The first-order chi connectivity index (χ1) is 7.07. The van der Waals surface area contributed by atoms with E-state index in [9.17, 15) is 9.50 Å². The number of aliphatic hydroxyl groups is 1. The lowest BCUT2D eigenvalue weighted by Crippen LogP contribution is -2.51.